The molecule has 2 N–H and O–H groups in total. The Morgan fingerprint density at radius 2 is 1.65 bits per heavy atom. The highest BCUT2D eigenvalue weighted by atomic mass is 16.6. The molecule has 0 unspecified atom stereocenters. The van der Waals surface area contributed by atoms with Crippen LogP contribution in [0.15, 0.2) is 60.8 Å². The van der Waals surface area contributed by atoms with Crippen molar-refractivity contribution in [1.29, 1.82) is 0 Å². The van der Waals surface area contributed by atoms with E-state index in [0.717, 1.165) is 0 Å². The third-order valence-electron chi connectivity index (χ3n) is 7.73. The number of nitrogens with zero attached hydrogens (tertiary/aromatic N) is 4. The molecule has 244 valence electrons. The van der Waals surface area contributed by atoms with Gasteiger partial charge in [0.15, 0.2) is 0 Å². The quantitative estimate of drug-likeness (QED) is 0.263. The molecule has 0 radical (unpaired) electrons. The summed E-state index contributed by atoms with van der Waals surface area (Å²) in [5.41, 5.74) is 1.46. The SMILES string of the molecule is Cc1ccc(NC(=O)c2ccnc(N3CCOCC3)c2)cc1N(O)C(=O)c1ccc(OC2CCN(C(=O)OC(C)(C)C)CC2)cc1. The van der Waals surface area contributed by atoms with Gasteiger partial charge in [-0.25, -0.2) is 9.78 Å². The summed E-state index contributed by atoms with van der Waals surface area (Å²) in [4.78, 5) is 46.8. The first-order valence-electron chi connectivity index (χ1n) is 15.5. The van der Waals surface area contributed by atoms with Crippen LogP contribution >= 0.6 is 0 Å². The van der Waals surface area contributed by atoms with Gasteiger partial charge in [-0.05, 0) is 81.8 Å². The van der Waals surface area contributed by atoms with Crippen molar-refractivity contribution in [3.63, 3.8) is 0 Å². The Labute approximate surface area is 268 Å². The van der Waals surface area contributed by atoms with Gasteiger partial charge >= 0.3 is 6.09 Å². The van der Waals surface area contributed by atoms with Crippen LogP contribution < -0.4 is 20.0 Å². The fraction of sp³-hybridized carbons (Fsp3) is 0.412. The van der Waals surface area contributed by atoms with E-state index in [1.807, 2.05) is 20.8 Å². The number of piperidine rings is 1. The molecule has 2 saturated heterocycles. The number of anilines is 3. The van der Waals surface area contributed by atoms with Crippen molar-refractivity contribution in [2.45, 2.75) is 52.2 Å². The Bertz CT molecular complexity index is 1540. The molecule has 2 aromatic carbocycles. The summed E-state index contributed by atoms with van der Waals surface area (Å²) in [5, 5.41) is 14.4. The van der Waals surface area contributed by atoms with Crippen LogP contribution in [0.25, 0.3) is 0 Å². The van der Waals surface area contributed by atoms with E-state index in [4.69, 9.17) is 14.2 Å². The number of hydrogen-bond donors (Lipinski definition) is 2. The predicted molar refractivity (Wildman–Crippen MR) is 173 cm³/mol. The molecule has 12 heteroatoms. The normalized spacial score (nSPS) is 15.7. The molecule has 0 atom stereocenters. The third-order valence-corrected chi connectivity index (χ3v) is 7.73. The standard InChI is InChI=1S/C34H41N5O7/c1-23-5-8-26(36-31(40)25-11-14-35-30(21-25)37-17-19-44-20-18-37)22-29(23)39(43)32(41)24-6-9-27(10-7-24)45-28-12-15-38(16-13-28)33(42)46-34(2,3)4/h5-11,14,21-22,28,43H,12-13,15-20H2,1-4H3,(H,36,40). The molecular formula is C34H41N5O7. The van der Waals surface area contributed by atoms with E-state index in [2.05, 4.69) is 15.2 Å². The number of rotatable bonds is 7. The number of carbonyl (C=O) groups is 3. The van der Waals surface area contributed by atoms with Gasteiger partial charge in [0.25, 0.3) is 11.8 Å². The van der Waals surface area contributed by atoms with Crippen molar-refractivity contribution in [1.82, 2.24) is 9.88 Å². The van der Waals surface area contributed by atoms with E-state index in [9.17, 15) is 19.6 Å². The Balaban J connectivity index is 1.18. The van der Waals surface area contributed by atoms with Crippen LogP contribution in [0.1, 0.15) is 59.9 Å². The zero-order chi connectivity index (χ0) is 32.8. The molecule has 0 spiro atoms. The van der Waals surface area contributed by atoms with Crippen molar-refractivity contribution >= 4 is 35.1 Å². The van der Waals surface area contributed by atoms with Gasteiger partial charge in [-0.2, -0.15) is 5.06 Å². The van der Waals surface area contributed by atoms with Crippen molar-refractivity contribution in [3.05, 3.63) is 77.5 Å². The minimum Gasteiger partial charge on any atom is -0.490 e. The lowest BCUT2D eigenvalue weighted by Gasteiger charge is -2.33. The number of pyridine rings is 1. The van der Waals surface area contributed by atoms with Crippen LogP contribution in [0.5, 0.6) is 5.75 Å². The van der Waals surface area contributed by atoms with Gasteiger partial charge in [-0.3, -0.25) is 14.8 Å². The average molecular weight is 632 g/mol. The topological polar surface area (TPSA) is 134 Å². The van der Waals surface area contributed by atoms with Gasteiger partial charge in [-0.15, -0.1) is 0 Å². The Morgan fingerprint density at radius 1 is 0.957 bits per heavy atom. The Hall–Kier alpha value is -4.68. The summed E-state index contributed by atoms with van der Waals surface area (Å²) in [5.74, 6) is 0.319. The number of ether oxygens (including phenoxy) is 3. The lowest BCUT2D eigenvalue weighted by Crippen LogP contribution is -2.44. The van der Waals surface area contributed by atoms with E-state index in [1.54, 1.807) is 72.6 Å². The summed E-state index contributed by atoms with van der Waals surface area (Å²) in [6.45, 7) is 11.0. The minimum absolute atomic E-state index is 0.0757. The average Bonchev–Trinajstić information content (AvgIpc) is 3.05. The van der Waals surface area contributed by atoms with Crippen LogP contribution in [0.3, 0.4) is 0 Å². The second-order valence-electron chi connectivity index (χ2n) is 12.4. The number of hydrogen-bond acceptors (Lipinski definition) is 9. The van der Waals surface area contributed by atoms with E-state index >= 15 is 0 Å². The maximum absolute atomic E-state index is 13.2. The number of nitrogens with one attached hydrogen (secondary N) is 1. The predicted octanol–water partition coefficient (Wildman–Crippen LogP) is 5.29. The van der Waals surface area contributed by atoms with Crippen LogP contribution in [0.4, 0.5) is 22.0 Å². The minimum atomic E-state index is -0.631. The smallest absolute Gasteiger partial charge is 0.410 e. The first kappa shape index (κ1) is 32.7. The Kier molecular flexibility index (Phi) is 10.1. The first-order chi connectivity index (χ1) is 22.0. The molecule has 3 aromatic rings. The van der Waals surface area contributed by atoms with Crippen LogP contribution in [0.2, 0.25) is 0 Å². The number of likely N-dealkylation sites (tertiary alicyclic amines) is 1. The van der Waals surface area contributed by atoms with Gasteiger partial charge in [0, 0.05) is 62.0 Å². The number of carbonyl (C=O) groups excluding carboxylic acids is 3. The monoisotopic (exact) mass is 631 g/mol. The van der Waals surface area contributed by atoms with Crippen LogP contribution in [-0.2, 0) is 9.47 Å². The van der Waals surface area contributed by atoms with Gasteiger partial charge in [0.2, 0.25) is 0 Å². The lowest BCUT2D eigenvalue weighted by atomic mass is 10.1. The van der Waals surface area contributed by atoms with Gasteiger partial charge < -0.3 is 29.3 Å². The maximum Gasteiger partial charge on any atom is 0.410 e. The highest BCUT2D eigenvalue weighted by molar-refractivity contribution is 6.07. The van der Waals surface area contributed by atoms with Crippen molar-refractivity contribution in [3.8, 4) is 5.75 Å². The summed E-state index contributed by atoms with van der Waals surface area (Å²) >= 11 is 0. The van der Waals surface area contributed by atoms with Crippen molar-refractivity contribution < 1.29 is 33.8 Å². The fourth-order valence-corrected chi connectivity index (χ4v) is 5.23. The largest absolute Gasteiger partial charge is 0.490 e. The van der Waals surface area contributed by atoms with Gasteiger partial charge in [0.1, 0.15) is 23.3 Å². The molecule has 0 saturated carbocycles. The number of morpholine rings is 1. The lowest BCUT2D eigenvalue weighted by molar-refractivity contribution is 0.0126. The highest BCUT2D eigenvalue weighted by Gasteiger charge is 2.28. The van der Waals surface area contributed by atoms with Crippen LogP contribution in [-0.4, -0.2) is 84.1 Å². The molecule has 46 heavy (non-hydrogen) atoms. The summed E-state index contributed by atoms with van der Waals surface area (Å²) in [6.07, 6.45) is 2.52. The number of aromatic nitrogens is 1. The molecule has 2 aliphatic rings. The van der Waals surface area contributed by atoms with Crippen molar-refractivity contribution in [2.75, 3.05) is 54.7 Å². The molecule has 3 amide bonds. The molecular weight excluding hydrogens is 590 g/mol. The molecule has 3 heterocycles. The van der Waals surface area contributed by atoms with Crippen LogP contribution in [0, 0.1) is 6.92 Å². The second kappa shape index (κ2) is 14.2. The number of benzene rings is 2. The van der Waals surface area contributed by atoms with Crippen molar-refractivity contribution in [2.24, 2.45) is 0 Å². The van der Waals surface area contributed by atoms with Gasteiger partial charge in [0.05, 0.1) is 18.9 Å². The molecule has 2 aliphatic heterocycles. The number of hydroxylamine groups is 1. The summed E-state index contributed by atoms with van der Waals surface area (Å²) < 4.78 is 16.9. The zero-order valence-electron chi connectivity index (χ0n) is 26.7. The zero-order valence-corrected chi connectivity index (χ0v) is 26.7. The van der Waals surface area contributed by atoms with Gasteiger partial charge in [-0.1, -0.05) is 6.07 Å². The number of aryl methyl sites for hydroxylation is 1. The molecule has 0 aliphatic carbocycles. The van der Waals surface area contributed by atoms with E-state index < -0.39 is 11.5 Å². The third kappa shape index (κ3) is 8.32. The fourth-order valence-electron chi connectivity index (χ4n) is 5.23. The molecule has 0 bridgehead atoms. The molecule has 2 fully saturated rings. The summed E-state index contributed by atoms with van der Waals surface area (Å²) in [6, 6.07) is 14.9. The first-order valence-corrected chi connectivity index (χ1v) is 15.5. The second-order valence-corrected chi connectivity index (χ2v) is 12.4. The van der Waals surface area contributed by atoms with E-state index in [-0.39, 0.29) is 29.4 Å². The molecule has 1 aromatic heterocycles. The summed E-state index contributed by atoms with van der Waals surface area (Å²) in [7, 11) is 0. The van der Waals surface area contributed by atoms with E-state index in [0.29, 0.717) is 85.7 Å². The Morgan fingerprint density at radius 3 is 2.33 bits per heavy atom. The molecule has 12 nitrogen and oxygen atoms in total. The molecule has 5 rings (SSSR count). The highest BCUT2D eigenvalue weighted by Crippen LogP contribution is 2.27. The maximum atomic E-state index is 13.2. The number of amides is 3. The van der Waals surface area contributed by atoms with E-state index in [1.165, 1.54) is 0 Å².